The number of ether oxygens (including phenoxy) is 3. The van der Waals surface area contributed by atoms with E-state index in [0.29, 0.717) is 75.5 Å². The number of amides is 2. The van der Waals surface area contributed by atoms with Crippen LogP contribution in [-0.2, 0) is 21.4 Å². The molecule has 0 aromatic heterocycles. The maximum absolute atomic E-state index is 13.5. The van der Waals surface area contributed by atoms with Gasteiger partial charge in [0.05, 0.1) is 24.1 Å². The van der Waals surface area contributed by atoms with Crippen molar-refractivity contribution >= 4 is 27.7 Å². The summed E-state index contributed by atoms with van der Waals surface area (Å²) in [4.78, 5) is 29.7. The van der Waals surface area contributed by atoms with Crippen molar-refractivity contribution in [3.63, 3.8) is 0 Å². The normalized spacial score (nSPS) is 19.0. The average molecular weight is 629 g/mol. The van der Waals surface area contributed by atoms with E-state index < -0.39 is 10.0 Å². The molecule has 0 saturated carbocycles. The number of sulfonamides is 1. The topological polar surface area (TPSA) is 118 Å². The van der Waals surface area contributed by atoms with Crippen molar-refractivity contribution in [2.45, 2.75) is 70.7 Å². The molecule has 3 aliphatic heterocycles. The van der Waals surface area contributed by atoms with Crippen LogP contribution in [-0.4, -0.2) is 92.9 Å². The Morgan fingerprint density at radius 1 is 1.02 bits per heavy atom. The fourth-order valence-corrected chi connectivity index (χ4v) is 7.43. The van der Waals surface area contributed by atoms with Gasteiger partial charge in [-0.1, -0.05) is 18.2 Å². The van der Waals surface area contributed by atoms with Gasteiger partial charge in [-0.3, -0.25) is 9.69 Å². The Hall–Kier alpha value is -3.35. The Labute approximate surface area is 260 Å². The third kappa shape index (κ3) is 7.47. The van der Waals surface area contributed by atoms with Gasteiger partial charge in [-0.2, -0.15) is 0 Å². The SMILES string of the molecule is COc1cc(OC2CCN(S(=O)(=O)CCNC(C)(C)C)CC2)ccc1C(=O)N1CCC(N2C(=O)OCc3ccccc32)CC1. The van der Waals surface area contributed by atoms with Crippen LogP contribution in [0, 0.1) is 0 Å². The minimum Gasteiger partial charge on any atom is -0.496 e. The molecule has 2 fully saturated rings. The number of nitrogens with one attached hydrogen (secondary N) is 1. The molecule has 0 unspecified atom stereocenters. The Kier molecular flexibility index (Phi) is 9.71. The van der Waals surface area contributed by atoms with Gasteiger partial charge in [0.1, 0.15) is 24.2 Å². The summed E-state index contributed by atoms with van der Waals surface area (Å²) in [5.74, 6) is 0.941. The van der Waals surface area contributed by atoms with Crippen molar-refractivity contribution in [1.29, 1.82) is 0 Å². The Bertz CT molecular complexity index is 1440. The molecule has 12 heteroatoms. The second-order valence-corrected chi connectivity index (χ2v) is 14.7. The van der Waals surface area contributed by atoms with Gasteiger partial charge in [0.25, 0.3) is 5.91 Å². The van der Waals surface area contributed by atoms with Gasteiger partial charge in [-0.25, -0.2) is 17.5 Å². The van der Waals surface area contributed by atoms with Crippen LogP contribution in [0.1, 0.15) is 62.4 Å². The van der Waals surface area contributed by atoms with E-state index in [9.17, 15) is 18.0 Å². The van der Waals surface area contributed by atoms with Crippen molar-refractivity contribution < 1.29 is 32.2 Å². The van der Waals surface area contributed by atoms with Gasteiger partial charge in [-0.15, -0.1) is 0 Å². The van der Waals surface area contributed by atoms with Crippen molar-refractivity contribution in [1.82, 2.24) is 14.5 Å². The highest BCUT2D eigenvalue weighted by molar-refractivity contribution is 7.89. The number of cyclic esters (lactones) is 1. The van der Waals surface area contributed by atoms with E-state index in [1.165, 1.54) is 7.11 Å². The maximum Gasteiger partial charge on any atom is 0.414 e. The number of para-hydroxylation sites is 1. The number of carbonyl (C=O) groups is 2. The van der Waals surface area contributed by atoms with Crippen LogP contribution in [0.15, 0.2) is 42.5 Å². The van der Waals surface area contributed by atoms with Gasteiger partial charge in [0, 0.05) is 55.9 Å². The van der Waals surface area contributed by atoms with Gasteiger partial charge >= 0.3 is 6.09 Å². The Morgan fingerprint density at radius 3 is 2.41 bits per heavy atom. The number of fused-ring (bicyclic) bond motifs is 1. The summed E-state index contributed by atoms with van der Waals surface area (Å²) < 4.78 is 44.3. The molecule has 0 spiro atoms. The highest BCUT2D eigenvalue weighted by Crippen LogP contribution is 2.33. The average Bonchev–Trinajstić information content (AvgIpc) is 3.00. The summed E-state index contributed by atoms with van der Waals surface area (Å²) in [5.41, 5.74) is 2.18. The van der Waals surface area contributed by atoms with E-state index in [1.54, 1.807) is 32.3 Å². The third-order valence-corrected chi connectivity index (χ3v) is 10.3. The maximum atomic E-state index is 13.5. The van der Waals surface area contributed by atoms with Crippen molar-refractivity contribution in [3.8, 4) is 11.5 Å². The first-order valence-electron chi connectivity index (χ1n) is 15.4. The number of hydrogen-bond acceptors (Lipinski definition) is 8. The lowest BCUT2D eigenvalue weighted by Crippen LogP contribution is -2.50. The molecule has 44 heavy (non-hydrogen) atoms. The molecule has 3 heterocycles. The minimum absolute atomic E-state index is 0.0489. The predicted octanol–water partition coefficient (Wildman–Crippen LogP) is 4.02. The van der Waals surface area contributed by atoms with Crippen LogP contribution in [0.4, 0.5) is 10.5 Å². The molecule has 0 atom stereocenters. The highest BCUT2D eigenvalue weighted by atomic mass is 32.2. The van der Waals surface area contributed by atoms with E-state index >= 15 is 0 Å². The number of carbonyl (C=O) groups excluding carboxylic acids is 2. The van der Waals surface area contributed by atoms with Crippen LogP contribution >= 0.6 is 0 Å². The number of hydrogen-bond donors (Lipinski definition) is 1. The number of nitrogens with zero attached hydrogens (tertiary/aromatic N) is 3. The van der Waals surface area contributed by atoms with Crippen LogP contribution in [0.3, 0.4) is 0 Å². The number of likely N-dealkylation sites (tertiary alicyclic amines) is 1. The predicted molar refractivity (Wildman–Crippen MR) is 168 cm³/mol. The molecule has 0 aliphatic carbocycles. The lowest BCUT2D eigenvalue weighted by Gasteiger charge is -2.40. The summed E-state index contributed by atoms with van der Waals surface area (Å²) in [6.07, 6.45) is 1.97. The van der Waals surface area contributed by atoms with Gasteiger partial charge < -0.3 is 24.4 Å². The minimum atomic E-state index is -3.34. The Morgan fingerprint density at radius 2 is 1.73 bits per heavy atom. The fourth-order valence-electron chi connectivity index (χ4n) is 6.04. The molecule has 0 radical (unpaired) electrons. The molecule has 2 aromatic carbocycles. The molecule has 1 N–H and O–H groups in total. The van der Waals surface area contributed by atoms with Crippen molar-refractivity contribution in [2.24, 2.45) is 0 Å². The highest BCUT2D eigenvalue weighted by Gasteiger charge is 2.36. The second-order valence-electron chi connectivity index (χ2n) is 12.6. The first-order valence-corrected chi connectivity index (χ1v) is 17.0. The number of anilines is 1. The second kappa shape index (κ2) is 13.3. The van der Waals surface area contributed by atoms with E-state index in [2.05, 4.69) is 5.32 Å². The first kappa shape index (κ1) is 32.1. The molecule has 0 bridgehead atoms. The Balaban J connectivity index is 1.14. The largest absolute Gasteiger partial charge is 0.496 e. The molecule has 2 amide bonds. The van der Waals surface area contributed by atoms with E-state index in [0.717, 1.165) is 11.3 Å². The zero-order valence-electron chi connectivity index (χ0n) is 26.1. The quantitative estimate of drug-likeness (QED) is 0.443. The van der Waals surface area contributed by atoms with Crippen molar-refractivity contribution in [2.75, 3.05) is 50.5 Å². The fraction of sp³-hybridized carbons (Fsp3) is 0.562. The standard InChI is InChI=1S/C32H44N4O7S/c1-32(2,3)33-15-20-44(39,40)35-18-13-25(14-19-35)43-26-9-10-27(29(21-26)41-4)30(37)34-16-11-24(12-17-34)36-28-8-6-5-7-23(28)22-42-31(36)38/h5-10,21,24-25,33H,11-20,22H2,1-4H3. The summed E-state index contributed by atoms with van der Waals surface area (Å²) in [6.45, 7) is 8.55. The number of rotatable bonds is 9. The van der Waals surface area contributed by atoms with E-state index in [1.807, 2.05) is 45.0 Å². The van der Waals surface area contributed by atoms with Gasteiger partial charge in [0.15, 0.2) is 0 Å². The van der Waals surface area contributed by atoms with E-state index in [4.69, 9.17) is 14.2 Å². The molecule has 5 rings (SSSR count). The van der Waals surface area contributed by atoms with E-state index in [-0.39, 0.29) is 42.0 Å². The molecule has 240 valence electrons. The molecule has 3 aliphatic rings. The van der Waals surface area contributed by atoms with Gasteiger partial charge in [0.2, 0.25) is 10.0 Å². The monoisotopic (exact) mass is 628 g/mol. The summed E-state index contributed by atoms with van der Waals surface area (Å²) >= 11 is 0. The number of methoxy groups -OCH3 is 1. The number of piperidine rings is 2. The lowest BCUT2D eigenvalue weighted by molar-refractivity contribution is 0.0705. The summed E-state index contributed by atoms with van der Waals surface area (Å²) in [6, 6.07) is 12.9. The summed E-state index contributed by atoms with van der Waals surface area (Å²) in [7, 11) is -1.81. The lowest BCUT2D eigenvalue weighted by atomic mass is 10.00. The van der Waals surface area contributed by atoms with Crippen LogP contribution in [0.25, 0.3) is 0 Å². The first-order chi connectivity index (χ1) is 20.9. The third-order valence-electron chi connectivity index (χ3n) is 8.43. The number of benzene rings is 2. The van der Waals surface area contributed by atoms with Crippen molar-refractivity contribution in [3.05, 3.63) is 53.6 Å². The molecule has 11 nitrogen and oxygen atoms in total. The van der Waals surface area contributed by atoms with Crippen LogP contribution in [0.5, 0.6) is 11.5 Å². The smallest absolute Gasteiger partial charge is 0.414 e. The van der Waals surface area contributed by atoms with Gasteiger partial charge in [-0.05, 0) is 64.7 Å². The van der Waals surface area contributed by atoms with Crippen LogP contribution < -0.4 is 19.7 Å². The summed E-state index contributed by atoms with van der Waals surface area (Å²) in [5, 5.41) is 3.23. The zero-order chi connectivity index (χ0) is 31.5. The molecular weight excluding hydrogens is 584 g/mol. The van der Waals surface area contributed by atoms with Crippen LogP contribution in [0.2, 0.25) is 0 Å². The molecule has 2 saturated heterocycles. The molecular formula is C32H44N4O7S. The zero-order valence-corrected chi connectivity index (χ0v) is 26.9. The molecule has 2 aromatic rings.